The zero-order valence-electron chi connectivity index (χ0n) is 17.3. The van der Waals surface area contributed by atoms with Gasteiger partial charge in [-0.25, -0.2) is 0 Å². The molecule has 160 valence electrons. The van der Waals surface area contributed by atoms with Crippen LogP contribution < -0.4 is 10.6 Å². The van der Waals surface area contributed by atoms with Gasteiger partial charge in [-0.15, -0.1) is 0 Å². The molecule has 0 bridgehead atoms. The summed E-state index contributed by atoms with van der Waals surface area (Å²) in [4.78, 5) is 24.8. The smallest absolute Gasteiger partial charge is 0.269 e. The molecule has 1 fully saturated rings. The first-order chi connectivity index (χ1) is 14.6. The predicted molar refractivity (Wildman–Crippen MR) is 118 cm³/mol. The molecule has 0 unspecified atom stereocenters. The van der Waals surface area contributed by atoms with Gasteiger partial charge in [0.25, 0.3) is 5.69 Å². The van der Waals surface area contributed by atoms with Gasteiger partial charge in [-0.2, -0.15) is 0 Å². The van der Waals surface area contributed by atoms with Crippen LogP contribution in [0, 0.1) is 10.1 Å². The fourth-order valence-electron chi connectivity index (χ4n) is 3.61. The third-order valence-corrected chi connectivity index (χ3v) is 5.36. The van der Waals surface area contributed by atoms with E-state index in [9.17, 15) is 14.9 Å². The lowest BCUT2D eigenvalue weighted by molar-refractivity contribution is -0.384. The molecule has 7 heteroatoms. The van der Waals surface area contributed by atoms with Crippen molar-refractivity contribution < 1.29 is 9.72 Å². The molecular weight excluding hydrogens is 380 g/mol. The Kier molecular flexibility index (Phi) is 8.20. The topological polar surface area (TPSA) is 87.5 Å². The van der Waals surface area contributed by atoms with Crippen LogP contribution in [0.15, 0.2) is 48.5 Å². The van der Waals surface area contributed by atoms with E-state index >= 15 is 0 Å². The minimum atomic E-state index is -0.420. The molecule has 1 heterocycles. The number of anilines is 1. The first-order valence-corrected chi connectivity index (χ1v) is 10.7. The van der Waals surface area contributed by atoms with Crippen molar-refractivity contribution in [3.05, 3.63) is 69.8 Å². The Bertz CT molecular complexity index is 815. The minimum absolute atomic E-state index is 0.0258. The number of nitrogens with one attached hydrogen (secondary N) is 2. The van der Waals surface area contributed by atoms with E-state index in [-0.39, 0.29) is 11.6 Å². The van der Waals surface area contributed by atoms with Crippen LogP contribution in [-0.4, -0.2) is 35.4 Å². The molecule has 0 atom stereocenters. The maximum atomic E-state index is 12.1. The maximum Gasteiger partial charge on any atom is 0.269 e. The van der Waals surface area contributed by atoms with Crippen LogP contribution in [0.2, 0.25) is 0 Å². The molecule has 3 rings (SSSR count). The quantitative estimate of drug-likeness (QED) is 0.350. The van der Waals surface area contributed by atoms with Gasteiger partial charge in [0.05, 0.1) is 4.92 Å². The molecule has 2 N–H and O–H groups in total. The van der Waals surface area contributed by atoms with Crippen LogP contribution in [0.4, 0.5) is 11.4 Å². The number of amides is 1. The summed E-state index contributed by atoms with van der Waals surface area (Å²) in [6.45, 7) is 4.57. The van der Waals surface area contributed by atoms with Crippen molar-refractivity contribution in [3.8, 4) is 0 Å². The minimum Gasteiger partial charge on any atom is -0.385 e. The molecule has 30 heavy (non-hydrogen) atoms. The van der Waals surface area contributed by atoms with Gasteiger partial charge in [-0.3, -0.25) is 19.8 Å². The Hall–Kier alpha value is -2.93. The van der Waals surface area contributed by atoms with Crippen molar-refractivity contribution in [2.45, 2.75) is 45.2 Å². The number of nitro benzene ring substituents is 1. The molecule has 1 aliphatic rings. The molecule has 2 aromatic rings. The number of benzene rings is 2. The summed E-state index contributed by atoms with van der Waals surface area (Å²) in [5.41, 5.74) is 3.31. The Morgan fingerprint density at radius 3 is 2.30 bits per heavy atom. The van der Waals surface area contributed by atoms with Crippen molar-refractivity contribution >= 4 is 17.3 Å². The molecule has 0 saturated carbocycles. The molecule has 0 spiro atoms. The summed E-state index contributed by atoms with van der Waals surface area (Å²) < 4.78 is 0. The van der Waals surface area contributed by atoms with Gasteiger partial charge in [0.15, 0.2) is 0 Å². The second-order valence-electron chi connectivity index (χ2n) is 7.76. The number of carbonyl (C=O) groups is 1. The highest BCUT2D eigenvalue weighted by Crippen LogP contribution is 2.16. The number of piperidine rings is 1. The molecule has 7 nitrogen and oxygen atoms in total. The molecule has 0 aromatic heterocycles. The third-order valence-electron chi connectivity index (χ3n) is 5.36. The maximum absolute atomic E-state index is 12.1. The van der Waals surface area contributed by atoms with Crippen LogP contribution in [0.25, 0.3) is 0 Å². The van der Waals surface area contributed by atoms with Gasteiger partial charge in [-0.05, 0) is 55.6 Å². The Morgan fingerprint density at radius 1 is 0.967 bits per heavy atom. The lowest BCUT2D eigenvalue weighted by Gasteiger charge is -2.26. The molecule has 2 aromatic carbocycles. The number of hydrogen-bond acceptors (Lipinski definition) is 5. The highest BCUT2D eigenvalue weighted by Gasteiger charge is 2.10. The lowest BCUT2D eigenvalue weighted by atomic mass is 10.1. The van der Waals surface area contributed by atoms with E-state index in [0.29, 0.717) is 25.9 Å². The zero-order chi connectivity index (χ0) is 21.2. The number of rotatable bonds is 10. The first-order valence-electron chi connectivity index (χ1n) is 10.7. The van der Waals surface area contributed by atoms with Crippen LogP contribution in [0.1, 0.15) is 43.2 Å². The van der Waals surface area contributed by atoms with E-state index in [2.05, 4.69) is 39.8 Å². The average Bonchev–Trinajstić information content (AvgIpc) is 2.77. The second-order valence-corrected chi connectivity index (χ2v) is 7.76. The summed E-state index contributed by atoms with van der Waals surface area (Å²) in [6, 6.07) is 14.8. The van der Waals surface area contributed by atoms with Crippen molar-refractivity contribution in [2.75, 3.05) is 25.0 Å². The number of likely N-dealkylation sites (tertiary alicyclic amines) is 1. The molecule has 0 radical (unpaired) electrons. The van der Waals surface area contributed by atoms with Gasteiger partial charge < -0.3 is 10.6 Å². The monoisotopic (exact) mass is 410 g/mol. The van der Waals surface area contributed by atoms with Crippen molar-refractivity contribution in [1.29, 1.82) is 0 Å². The van der Waals surface area contributed by atoms with Crippen molar-refractivity contribution in [3.63, 3.8) is 0 Å². The van der Waals surface area contributed by atoms with Gasteiger partial charge >= 0.3 is 0 Å². The van der Waals surface area contributed by atoms with E-state index in [4.69, 9.17) is 0 Å². The fraction of sp³-hybridized carbons (Fsp3) is 0.435. The van der Waals surface area contributed by atoms with E-state index < -0.39 is 4.92 Å². The normalized spacial score (nSPS) is 14.3. The average molecular weight is 411 g/mol. The number of non-ortho nitro benzene ring substituents is 1. The summed E-state index contributed by atoms with van der Waals surface area (Å²) in [6.07, 6.45) is 5.08. The van der Waals surface area contributed by atoms with E-state index in [0.717, 1.165) is 17.8 Å². The predicted octanol–water partition coefficient (Wildman–Crippen LogP) is 4.09. The Morgan fingerprint density at radius 2 is 1.63 bits per heavy atom. The van der Waals surface area contributed by atoms with Crippen LogP contribution in [0.5, 0.6) is 0 Å². The molecule has 1 saturated heterocycles. The summed E-state index contributed by atoms with van der Waals surface area (Å²) >= 11 is 0. The summed E-state index contributed by atoms with van der Waals surface area (Å²) in [7, 11) is 0. The van der Waals surface area contributed by atoms with E-state index in [1.165, 1.54) is 50.0 Å². The van der Waals surface area contributed by atoms with Crippen molar-refractivity contribution in [1.82, 2.24) is 10.2 Å². The van der Waals surface area contributed by atoms with Gasteiger partial charge in [0.2, 0.25) is 5.91 Å². The molecular formula is C23H30N4O3. The first kappa shape index (κ1) is 21.8. The molecule has 1 amide bonds. The highest BCUT2D eigenvalue weighted by atomic mass is 16.6. The highest BCUT2D eigenvalue weighted by molar-refractivity contribution is 5.75. The standard InChI is InChI=1S/C23H30N4O3/c28-23(5-4-14-24-21-10-12-22(13-11-21)27(29)30)25-17-19-6-8-20(9-7-19)18-26-15-2-1-3-16-26/h6-13,24H,1-5,14-18H2,(H,25,28). The SMILES string of the molecule is O=C(CCCNc1ccc([N+](=O)[O-])cc1)NCc1ccc(CN2CCCCC2)cc1. The van der Waals surface area contributed by atoms with Gasteiger partial charge in [0, 0.05) is 43.9 Å². The fourth-order valence-corrected chi connectivity index (χ4v) is 3.61. The third kappa shape index (κ3) is 7.15. The largest absolute Gasteiger partial charge is 0.385 e. The number of nitrogens with zero attached hydrogens (tertiary/aromatic N) is 2. The van der Waals surface area contributed by atoms with E-state index in [1.54, 1.807) is 12.1 Å². The van der Waals surface area contributed by atoms with Gasteiger partial charge in [-0.1, -0.05) is 30.7 Å². The lowest BCUT2D eigenvalue weighted by Crippen LogP contribution is -2.29. The number of carbonyl (C=O) groups excluding carboxylic acids is 1. The Balaban J connectivity index is 1.30. The Labute approximate surface area is 177 Å². The number of hydrogen-bond donors (Lipinski definition) is 2. The summed E-state index contributed by atoms with van der Waals surface area (Å²) in [5, 5.41) is 16.8. The number of nitro groups is 1. The summed E-state index contributed by atoms with van der Waals surface area (Å²) in [5.74, 6) is 0.0258. The molecule has 0 aliphatic carbocycles. The van der Waals surface area contributed by atoms with Crippen LogP contribution >= 0.6 is 0 Å². The van der Waals surface area contributed by atoms with E-state index in [1.807, 2.05) is 0 Å². The van der Waals surface area contributed by atoms with Crippen LogP contribution in [-0.2, 0) is 17.9 Å². The van der Waals surface area contributed by atoms with Crippen molar-refractivity contribution in [2.24, 2.45) is 0 Å². The second kappa shape index (κ2) is 11.3. The molecule has 1 aliphatic heterocycles. The van der Waals surface area contributed by atoms with Crippen LogP contribution in [0.3, 0.4) is 0 Å². The van der Waals surface area contributed by atoms with Gasteiger partial charge in [0.1, 0.15) is 0 Å². The zero-order valence-corrected chi connectivity index (χ0v) is 17.3.